The van der Waals surface area contributed by atoms with Crippen LogP contribution in [0.25, 0.3) is 0 Å². The molecule has 2 atom stereocenters. The minimum atomic E-state index is -0.628. The van der Waals surface area contributed by atoms with Crippen LogP contribution in [0.3, 0.4) is 0 Å². The second kappa shape index (κ2) is 4.01. The van der Waals surface area contributed by atoms with Gasteiger partial charge in [-0.2, -0.15) is 0 Å². The van der Waals surface area contributed by atoms with Crippen molar-refractivity contribution in [3.8, 4) is 0 Å². The summed E-state index contributed by atoms with van der Waals surface area (Å²) in [6, 6.07) is 1.90. The van der Waals surface area contributed by atoms with E-state index in [-0.39, 0.29) is 0 Å². The Balaban J connectivity index is 1.83. The van der Waals surface area contributed by atoms with Crippen molar-refractivity contribution in [1.29, 1.82) is 0 Å². The molecule has 0 amide bonds. The number of thiophene rings is 1. The Morgan fingerprint density at radius 2 is 2.12 bits per heavy atom. The van der Waals surface area contributed by atoms with Crippen LogP contribution in [-0.2, 0) is 5.60 Å². The zero-order valence-electron chi connectivity index (χ0n) is 9.29. The lowest BCUT2D eigenvalue weighted by Gasteiger charge is -2.36. The SMILES string of the molecule is OC1(c2sccc2Cl)CCCC(C2CC2)C1. The smallest absolute Gasteiger partial charge is 0.101 e. The third kappa shape index (κ3) is 1.92. The fraction of sp³-hybridized carbons (Fsp3) is 0.692. The Kier molecular flexibility index (Phi) is 2.77. The molecule has 1 aromatic heterocycles. The van der Waals surface area contributed by atoms with E-state index in [1.807, 2.05) is 11.4 Å². The molecule has 16 heavy (non-hydrogen) atoms. The fourth-order valence-electron chi connectivity index (χ4n) is 3.10. The summed E-state index contributed by atoms with van der Waals surface area (Å²) in [5.41, 5.74) is -0.628. The van der Waals surface area contributed by atoms with Crippen molar-refractivity contribution in [2.24, 2.45) is 11.8 Å². The molecule has 2 saturated carbocycles. The van der Waals surface area contributed by atoms with Gasteiger partial charge in [-0.1, -0.05) is 11.6 Å². The third-order valence-electron chi connectivity index (χ3n) is 4.09. The lowest BCUT2D eigenvalue weighted by Crippen LogP contribution is -2.32. The number of aliphatic hydroxyl groups is 1. The summed E-state index contributed by atoms with van der Waals surface area (Å²) in [5, 5.41) is 13.5. The van der Waals surface area contributed by atoms with E-state index in [0.29, 0.717) is 0 Å². The molecular formula is C13H17ClOS. The molecule has 2 unspecified atom stereocenters. The van der Waals surface area contributed by atoms with E-state index in [1.54, 1.807) is 11.3 Å². The second-order valence-electron chi connectivity index (χ2n) is 5.32. The van der Waals surface area contributed by atoms with Gasteiger partial charge >= 0.3 is 0 Å². The molecule has 3 rings (SSSR count). The maximum atomic E-state index is 10.8. The monoisotopic (exact) mass is 256 g/mol. The highest BCUT2D eigenvalue weighted by Crippen LogP contribution is 2.51. The minimum Gasteiger partial charge on any atom is -0.384 e. The predicted molar refractivity (Wildman–Crippen MR) is 67.9 cm³/mol. The van der Waals surface area contributed by atoms with Crippen LogP contribution in [-0.4, -0.2) is 5.11 Å². The highest BCUT2D eigenvalue weighted by atomic mass is 35.5. The van der Waals surface area contributed by atoms with Gasteiger partial charge < -0.3 is 5.11 Å². The standard InChI is InChI=1S/C13H17ClOS/c14-11-5-7-16-12(11)13(15)6-1-2-10(8-13)9-3-4-9/h5,7,9-10,15H,1-4,6,8H2. The Labute approximate surface area is 105 Å². The van der Waals surface area contributed by atoms with E-state index < -0.39 is 5.60 Å². The highest BCUT2D eigenvalue weighted by molar-refractivity contribution is 7.10. The average Bonchev–Trinajstić information content (AvgIpc) is 3.01. The van der Waals surface area contributed by atoms with Gasteiger partial charge in [0.1, 0.15) is 5.60 Å². The van der Waals surface area contributed by atoms with Crippen molar-refractivity contribution in [3.05, 3.63) is 21.3 Å². The van der Waals surface area contributed by atoms with E-state index in [4.69, 9.17) is 11.6 Å². The zero-order valence-corrected chi connectivity index (χ0v) is 10.9. The first-order chi connectivity index (χ1) is 7.69. The molecular weight excluding hydrogens is 240 g/mol. The van der Waals surface area contributed by atoms with Gasteiger partial charge in [0, 0.05) is 0 Å². The zero-order chi connectivity index (χ0) is 11.2. The summed E-state index contributed by atoms with van der Waals surface area (Å²) in [6.45, 7) is 0. The molecule has 2 aliphatic rings. The maximum Gasteiger partial charge on any atom is 0.101 e. The molecule has 1 nitrogen and oxygen atoms in total. The van der Waals surface area contributed by atoms with Crippen molar-refractivity contribution in [1.82, 2.24) is 0 Å². The van der Waals surface area contributed by atoms with Crippen LogP contribution in [0.15, 0.2) is 11.4 Å². The lowest BCUT2D eigenvalue weighted by atomic mass is 9.75. The van der Waals surface area contributed by atoms with Gasteiger partial charge in [0.15, 0.2) is 0 Å². The quantitative estimate of drug-likeness (QED) is 0.841. The van der Waals surface area contributed by atoms with E-state index in [9.17, 15) is 5.11 Å². The summed E-state index contributed by atoms with van der Waals surface area (Å²) >= 11 is 7.76. The predicted octanol–water partition coefficient (Wildman–Crippen LogP) is 4.19. The maximum absolute atomic E-state index is 10.8. The van der Waals surface area contributed by atoms with Crippen LogP contribution < -0.4 is 0 Å². The molecule has 3 heteroatoms. The van der Waals surface area contributed by atoms with Crippen LogP contribution in [0.5, 0.6) is 0 Å². The van der Waals surface area contributed by atoms with Crippen molar-refractivity contribution in [2.75, 3.05) is 0 Å². The topological polar surface area (TPSA) is 20.2 Å². The average molecular weight is 257 g/mol. The fourth-order valence-corrected chi connectivity index (χ4v) is 4.47. The second-order valence-corrected chi connectivity index (χ2v) is 6.65. The normalized spacial score (nSPS) is 35.2. The van der Waals surface area contributed by atoms with Gasteiger partial charge in [0.2, 0.25) is 0 Å². The molecule has 1 N–H and O–H groups in total. The molecule has 88 valence electrons. The molecule has 0 aliphatic heterocycles. The van der Waals surface area contributed by atoms with Crippen molar-refractivity contribution < 1.29 is 5.11 Å². The summed E-state index contributed by atoms with van der Waals surface area (Å²) in [7, 11) is 0. The Bertz CT molecular complexity index is 385. The molecule has 0 spiro atoms. The van der Waals surface area contributed by atoms with Gasteiger partial charge in [0.05, 0.1) is 9.90 Å². The van der Waals surface area contributed by atoms with Crippen LogP contribution >= 0.6 is 22.9 Å². The molecule has 2 fully saturated rings. The Hall–Kier alpha value is -0.0500. The van der Waals surface area contributed by atoms with Crippen molar-refractivity contribution in [3.63, 3.8) is 0 Å². The first-order valence-electron chi connectivity index (χ1n) is 6.15. The number of hydrogen-bond acceptors (Lipinski definition) is 2. The minimum absolute atomic E-state index is 0.628. The van der Waals surface area contributed by atoms with E-state index in [1.165, 1.54) is 19.3 Å². The van der Waals surface area contributed by atoms with Crippen LogP contribution in [0.4, 0.5) is 0 Å². The van der Waals surface area contributed by atoms with Gasteiger partial charge in [-0.3, -0.25) is 0 Å². The van der Waals surface area contributed by atoms with Crippen LogP contribution in [0, 0.1) is 11.8 Å². The van der Waals surface area contributed by atoms with Crippen LogP contribution in [0.1, 0.15) is 43.4 Å². The summed E-state index contributed by atoms with van der Waals surface area (Å²) in [5.74, 6) is 1.63. The van der Waals surface area contributed by atoms with Crippen molar-refractivity contribution >= 4 is 22.9 Å². The van der Waals surface area contributed by atoms with Gasteiger partial charge in [-0.15, -0.1) is 11.3 Å². The van der Waals surface area contributed by atoms with Gasteiger partial charge in [0.25, 0.3) is 0 Å². The number of rotatable bonds is 2. The van der Waals surface area contributed by atoms with E-state index in [0.717, 1.165) is 41.0 Å². The highest BCUT2D eigenvalue weighted by Gasteiger charge is 2.43. The van der Waals surface area contributed by atoms with Gasteiger partial charge in [-0.05, 0) is 61.8 Å². The molecule has 2 aliphatic carbocycles. The molecule has 1 heterocycles. The lowest BCUT2D eigenvalue weighted by molar-refractivity contribution is -0.0219. The molecule has 0 saturated heterocycles. The van der Waals surface area contributed by atoms with E-state index >= 15 is 0 Å². The molecule has 0 radical (unpaired) electrons. The number of hydrogen-bond donors (Lipinski definition) is 1. The van der Waals surface area contributed by atoms with Crippen molar-refractivity contribution in [2.45, 2.75) is 44.1 Å². The summed E-state index contributed by atoms with van der Waals surface area (Å²) < 4.78 is 0. The molecule has 1 aromatic rings. The third-order valence-corrected chi connectivity index (χ3v) is 5.63. The van der Waals surface area contributed by atoms with E-state index in [2.05, 4.69) is 0 Å². The van der Waals surface area contributed by atoms with Crippen LogP contribution in [0.2, 0.25) is 5.02 Å². The molecule has 0 aromatic carbocycles. The summed E-state index contributed by atoms with van der Waals surface area (Å²) in [4.78, 5) is 1.000. The first kappa shape index (κ1) is 11.1. The largest absolute Gasteiger partial charge is 0.384 e. The Morgan fingerprint density at radius 1 is 1.31 bits per heavy atom. The summed E-state index contributed by atoms with van der Waals surface area (Å²) in [6.07, 6.45) is 7.01. The Morgan fingerprint density at radius 3 is 2.75 bits per heavy atom. The first-order valence-corrected chi connectivity index (χ1v) is 7.41. The molecule has 0 bridgehead atoms. The van der Waals surface area contributed by atoms with Gasteiger partial charge in [-0.25, -0.2) is 0 Å². The number of halogens is 1.